The van der Waals surface area contributed by atoms with Crippen LogP contribution >= 0.6 is 11.6 Å². The van der Waals surface area contributed by atoms with Crippen LogP contribution in [-0.4, -0.2) is 19.3 Å². The Morgan fingerprint density at radius 1 is 1.35 bits per heavy atom. The molecule has 4 nitrogen and oxygen atoms in total. The van der Waals surface area contributed by atoms with E-state index >= 15 is 0 Å². The zero-order valence-corrected chi connectivity index (χ0v) is 11.8. The van der Waals surface area contributed by atoms with Gasteiger partial charge < -0.3 is 4.57 Å². The Bertz CT molecular complexity index is 718. The summed E-state index contributed by atoms with van der Waals surface area (Å²) in [6.07, 6.45) is 3.65. The van der Waals surface area contributed by atoms with E-state index in [2.05, 4.69) is 10.1 Å². The first-order valence-electron chi connectivity index (χ1n) is 6.42. The molecule has 3 rings (SSSR count). The third-order valence-electron chi connectivity index (χ3n) is 3.21. The Hall–Kier alpha value is -1.88. The van der Waals surface area contributed by atoms with Crippen molar-refractivity contribution in [1.82, 2.24) is 19.3 Å². The highest BCUT2D eigenvalue weighted by Gasteiger charge is 2.15. The number of benzene rings is 1. The molecule has 2 aromatic heterocycles. The standard InChI is InChI=1S/C14H14ClFN4/c1-10(15)14-18-12-9-11(16)3-4-13(12)20(14)8-7-19-6-2-5-17-19/h2-6,9-10H,7-8H2,1H3. The van der Waals surface area contributed by atoms with Gasteiger partial charge in [0.2, 0.25) is 0 Å². The number of hydrogen-bond acceptors (Lipinski definition) is 2. The minimum absolute atomic E-state index is 0.233. The van der Waals surface area contributed by atoms with Crippen LogP contribution in [0.4, 0.5) is 4.39 Å². The molecular weight excluding hydrogens is 279 g/mol. The summed E-state index contributed by atoms with van der Waals surface area (Å²) < 4.78 is 17.2. The Kier molecular flexibility index (Phi) is 3.44. The third-order valence-corrected chi connectivity index (χ3v) is 3.40. The largest absolute Gasteiger partial charge is 0.325 e. The lowest BCUT2D eigenvalue weighted by Crippen LogP contribution is -2.11. The fraction of sp³-hybridized carbons (Fsp3) is 0.286. The number of fused-ring (bicyclic) bond motifs is 1. The van der Waals surface area contributed by atoms with Crippen LogP contribution < -0.4 is 0 Å². The molecule has 20 heavy (non-hydrogen) atoms. The van der Waals surface area contributed by atoms with Crippen molar-refractivity contribution < 1.29 is 4.39 Å². The highest BCUT2D eigenvalue weighted by molar-refractivity contribution is 6.20. The number of alkyl halides is 1. The molecule has 0 aliphatic heterocycles. The van der Waals surface area contributed by atoms with E-state index < -0.39 is 0 Å². The van der Waals surface area contributed by atoms with E-state index in [1.807, 2.05) is 28.4 Å². The summed E-state index contributed by atoms with van der Waals surface area (Å²) in [5.41, 5.74) is 1.52. The van der Waals surface area contributed by atoms with Crippen LogP contribution in [0, 0.1) is 5.82 Å². The number of aryl methyl sites for hydroxylation is 2. The number of rotatable bonds is 4. The first-order valence-corrected chi connectivity index (χ1v) is 6.86. The van der Waals surface area contributed by atoms with E-state index in [1.54, 1.807) is 12.3 Å². The highest BCUT2D eigenvalue weighted by Crippen LogP contribution is 2.25. The second-order valence-corrected chi connectivity index (χ2v) is 5.29. The van der Waals surface area contributed by atoms with Gasteiger partial charge in [0.1, 0.15) is 11.6 Å². The second kappa shape index (κ2) is 5.25. The molecule has 1 unspecified atom stereocenters. The number of aromatic nitrogens is 4. The zero-order valence-electron chi connectivity index (χ0n) is 11.0. The lowest BCUT2D eigenvalue weighted by molar-refractivity contribution is 0.528. The van der Waals surface area contributed by atoms with Crippen molar-refractivity contribution in [3.05, 3.63) is 48.3 Å². The van der Waals surface area contributed by atoms with Crippen molar-refractivity contribution in [3.63, 3.8) is 0 Å². The van der Waals surface area contributed by atoms with Crippen LogP contribution in [0.25, 0.3) is 11.0 Å². The molecule has 1 aromatic carbocycles. The number of hydrogen-bond donors (Lipinski definition) is 0. The average molecular weight is 293 g/mol. The molecule has 0 N–H and O–H groups in total. The fourth-order valence-corrected chi connectivity index (χ4v) is 2.46. The molecule has 0 saturated carbocycles. The summed E-state index contributed by atoms with van der Waals surface area (Å²) in [7, 11) is 0. The van der Waals surface area contributed by atoms with Crippen molar-refractivity contribution in [2.45, 2.75) is 25.4 Å². The SMILES string of the molecule is CC(Cl)c1nc2cc(F)ccc2n1CCn1cccn1. The van der Waals surface area contributed by atoms with Gasteiger partial charge >= 0.3 is 0 Å². The van der Waals surface area contributed by atoms with E-state index in [1.165, 1.54) is 12.1 Å². The summed E-state index contributed by atoms with van der Waals surface area (Å²) >= 11 is 6.18. The van der Waals surface area contributed by atoms with Gasteiger partial charge in [0, 0.05) is 25.0 Å². The third kappa shape index (κ3) is 2.41. The topological polar surface area (TPSA) is 35.6 Å². The van der Waals surface area contributed by atoms with Crippen molar-refractivity contribution in [2.75, 3.05) is 0 Å². The van der Waals surface area contributed by atoms with Crippen LogP contribution in [0.2, 0.25) is 0 Å². The van der Waals surface area contributed by atoms with E-state index in [9.17, 15) is 4.39 Å². The summed E-state index contributed by atoms with van der Waals surface area (Å²) in [5, 5.41) is 3.94. The predicted octanol–water partition coefficient (Wildman–Crippen LogP) is 3.37. The number of imidazole rings is 1. The van der Waals surface area contributed by atoms with E-state index in [0.717, 1.165) is 11.3 Å². The predicted molar refractivity (Wildman–Crippen MR) is 76.2 cm³/mol. The van der Waals surface area contributed by atoms with Crippen LogP contribution in [0.5, 0.6) is 0 Å². The number of nitrogens with zero attached hydrogens (tertiary/aromatic N) is 4. The van der Waals surface area contributed by atoms with Crippen molar-refractivity contribution in [2.24, 2.45) is 0 Å². The van der Waals surface area contributed by atoms with E-state index in [4.69, 9.17) is 11.6 Å². The lowest BCUT2D eigenvalue weighted by Gasteiger charge is -2.10. The monoisotopic (exact) mass is 292 g/mol. The summed E-state index contributed by atoms with van der Waals surface area (Å²) in [6, 6.07) is 6.50. The molecule has 104 valence electrons. The van der Waals surface area contributed by atoms with Crippen LogP contribution in [0.1, 0.15) is 18.1 Å². The van der Waals surface area contributed by atoms with Gasteiger partial charge in [-0.3, -0.25) is 4.68 Å². The maximum atomic E-state index is 13.3. The molecule has 3 aromatic rings. The minimum Gasteiger partial charge on any atom is -0.325 e. The first-order chi connectivity index (χ1) is 9.65. The molecule has 0 spiro atoms. The Morgan fingerprint density at radius 3 is 2.90 bits per heavy atom. The highest BCUT2D eigenvalue weighted by atomic mass is 35.5. The van der Waals surface area contributed by atoms with Gasteiger partial charge in [-0.15, -0.1) is 11.6 Å². The van der Waals surface area contributed by atoms with Gasteiger partial charge in [0.25, 0.3) is 0 Å². The maximum Gasteiger partial charge on any atom is 0.127 e. The molecular formula is C14H14ClFN4. The molecule has 0 radical (unpaired) electrons. The summed E-state index contributed by atoms with van der Waals surface area (Å²) in [5.74, 6) is 0.461. The average Bonchev–Trinajstić information content (AvgIpc) is 3.02. The minimum atomic E-state index is -0.289. The van der Waals surface area contributed by atoms with E-state index in [-0.39, 0.29) is 11.2 Å². The van der Waals surface area contributed by atoms with Crippen LogP contribution in [0.15, 0.2) is 36.7 Å². The van der Waals surface area contributed by atoms with Crippen molar-refractivity contribution in [1.29, 1.82) is 0 Å². The quantitative estimate of drug-likeness (QED) is 0.691. The van der Waals surface area contributed by atoms with E-state index in [0.29, 0.717) is 18.6 Å². The molecule has 0 saturated heterocycles. The number of halogens is 2. The fourth-order valence-electron chi connectivity index (χ4n) is 2.30. The first kappa shape index (κ1) is 13.1. The van der Waals surface area contributed by atoms with Gasteiger partial charge in [-0.05, 0) is 25.1 Å². The van der Waals surface area contributed by atoms with Crippen molar-refractivity contribution >= 4 is 22.6 Å². The molecule has 0 aliphatic carbocycles. The lowest BCUT2D eigenvalue weighted by atomic mass is 10.3. The molecule has 1 atom stereocenters. The molecule has 0 bridgehead atoms. The Morgan fingerprint density at radius 2 is 2.20 bits per heavy atom. The Balaban J connectivity index is 2.00. The summed E-state index contributed by atoms with van der Waals surface area (Å²) in [4.78, 5) is 4.43. The van der Waals surface area contributed by atoms with Crippen LogP contribution in [-0.2, 0) is 13.1 Å². The molecule has 0 fully saturated rings. The van der Waals surface area contributed by atoms with Gasteiger partial charge in [0.05, 0.1) is 23.0 Å². The van der Waals surface area contributed by atoms with Crippen LogP contribution in [0.3, 0.4) is 0 Å². The zero-order chi connectivity index (χ0) is 14.1. The normalized spacial score (nSPS) is 12.9. The smallest absolute Gasteiger partial charge is 0.127 e. The second-order valence-electron chi connectivity index (χ2n) is 4.64. The molecule has 6 heteroatoms. The Labute approximate surface area is 120 Å². The molecule has 2 heterocycles. The summed E-state index contributed by atoms with van der Waals surface area (Å²) in [6.45, 7) is 3.27. The molecule has 0 aliphatic rings. The van der Waals surface area contributed by atoms with Gasteiger partial charge in [0.15, 0.2) is 0 Å². The van der Waals surface area contributed by atoms with Gasteiger partial charge in [-0.2, -0.15) is 5.10 Å². The maximum absolute atomic E-state index is 13.3. The van der Waals surface area contributed by atoms with Gasteiger partial charge in [-0.1, -0.05) is 0 Å². The van der Waals surface area contributed by atoms with Crippen molar-refractivity contribution in [3.8, 4) is 0 Å². The molecule has 0 amide bonds. The van der Waals surface area contributed by atoms with Gasteiger partial charge in [-0.25, -0.2) is 9.37 Å².